The van der Waals surface area contributed by atoms with Crippen molar-refractivity contribution >= 4 is 5.82 Å². The van der Waals surface area contributed by atoms with Gasteiger partial charge in [0.15, 0.2) is 5.82 Å². The van der Waals surface area contributed by atoms with Crippen LogP contribution in [0.15, 0.2) is 54.6 Å². The topological polar surface area (TPSA) is 57.7 Å². The molecule has 1 saturated heterocycles. The van der Waals surface area contributed by atoms with Gasteiger partial charge in [-0.2, -0.15) is 5.26 Å². The lowest BCUT2D eigenvalue weighted by molar-refractivity contribution is 0.740. The Morgan fingerprint density at radius 3 is 2.68 bits per heavy atom. The predicted molar refractivity (Wildman–Crippen MR) is 96.8 cm³/mol. The maximum Gasteiger partial charge on any atom is 0.207 e. The summed E-state index contributed by atoms with van der Waals surface area (Å²) in [6, 6.07) is 20.7. The molecule has 124 valence electrons. The Labute approximate surface area is 147 Å². The summed E-state index contributed by atoms with van der Waals surface area (Å²) in [5.41, 5.74) is 3.74. The highest BCUT2D eigenvalue weighted by molar-refractivity contribution is 5.52. The minimum atomic E-state index is 0.384. The molecule has 25 heavy (non-hydrogen) atoms. The zero-order chi connectivity index (χ0) is 17.2. The van der Waals surface area contributed by atoms with Gasteiger partial charge in [0.1, 0.15) is 6.07 Å². The number of anilines is 1. The Bertz CT molecular complexity index is 923. The van der Waals surface area contributed by atoms with Crippen molar-refractivity contribution in [1.82, 2.24) is 15.0 Å². The minimum absolute atomic E-state index is 0.384. The highest BCUT2D eigenvalue weighted by Crippen LogP contribution is 2.31. The van der Waals surface area contributed by atoms with Crippen molar-refractivity contribution in [2.45, 2.75) is 19.3 Å². The van der Waals surface area contributed by atoms with Gasteiger partial charge >= 0.3 is 0 Å². The lowest BCUT2D eigenvalue weighted by Crippen LogP contribution is -2.20. The van der Waals surface area contributed by atoms with Gasteiger partial charge in [-0.15, -0.1) is 15.0 Å². The fraction of sp³-hybridized carbons (Fsp3) is 0.250. The molecule has 2 aromatic carbocycles. The molecule has 1 atom stereocenters. The molecule has 1 fully saturated rings. The van der Waals surface area contributed by atoms with Crippen molar-refractivity contribution in [3.63, 3.8) is 0 Å². The Morgan fingerprint density at radius 1 is 1.08 bits per heavy atom. The van der Waals surface area contributed by atoms with E-state index in [0.29, 0.717) is 17.4 Å². The van der Waals surface area contributed by atoms with E-state index < -0.39 is 0 Å². The van der Waals surface area contributed by atoms with Gasteiger partial charge in [0.2, 0.25) is 5.69 Å². The Morgan fingerprint density at radius 2 is 1.92 bits per heavy atom. The van der Waals surface area contributed by atoms with E-state index in [9.17, 15) is 5.26 Å². The number of benzene rings is 2. The molecular weight excluding hydrogens is 310 g/mol. The van der Waals surface area contributed by atoms with E-state index in [4.69, 9.17) is 0 Å². The van der Waals surface area contributed by atoms with Crippen molar-refractivity contribution in [2.24, 2.45) is 0 Å². The third kappa shape index (κ3) is 2.99. The highest BCUT2D eigenvalue weighted by Gasteiger charge is 2.28. The normalized spacial score (nSPS) is 16.8. The summed E-state index contributed by atoms with van der Waals surface area (Å²) in [6.07, 6.45) is 1.06. The molecular formula is C20H19N5. The van der Waals surface area contributed by atoms with Gasteiger partial charge < -0.3 is 4.90 Å². The number of rotatable bonds is 3. The molecule has 1 aliphatic heterocycles. The van der Waals surface area contributed by atoms with Crippen LogP contribution in [0.1, 0.15) is 29.2 Å². The molecule has 0 unspecified atom stereocenters. The first-order valence-electron chi connectivity index (χ1n) is 8.49. The standard InChI is InChI=1S/C20H19N5/c1-15-6-5-9-18(12-15)25-22-19(13-21)20(23-25)24-11-10-17(14-24)16-7-3-2-4-8-16/h2-9,12,17H,10-11,14H2,1H3/t17-/m0/s1. The van der Waals surface area contributed by atoms with Gasteiger partial charge in [0.05, 0.1) is 5.69 Å². The van der Waals surface area contributed by atoms with Crippen LogP contribution in [0.2, 0.25) is 0 Å². The minimum Gasteiger partial charge on any atom is -0.352 e. The zero-order valence-corrected chi connectivity index (χ0v) is 14.1. The van der Waals surface area contributed by atoms with Gasteiger partial charge in [-0.3, -0.25) is 0 Å². The molecule has 3 aromatic rings. The second kappa shape index (κ2) is 6.40. The first-order chi connectivity index (χ1) is 12.2. The maximum absolute atomic E-state index is 9.48. The van der Waals surface area contributed by atoms with Gasteiger partial charge in [-0.05, 0) is 36.6 Å². The van der Waals surface area contributed by atoms with Crippen molar-refractivity contribution in [2.75, 3.05) is 18.0 Å². The van der Waals surface area contributed by atoms with Crippen LogP contribution >= 0.6 is 0 Å². The molecule has 1 aromatic heterocycles. The van der Waals surface area contributed by atoms with Gasteiger partial charge in [0, 0.05) is 19.0 Å². The number of hydrogen-bond donors (Lipinski definition) is 0. The van der Waals surface area contributed by atoms with Crippen LogP contribution in [0, 0.1) is 18.3 Å². The Hall–Kier alpha value is -3.13. The van der Waals surface area contributed by atoms with Gasteiger partial charge in [-0.25, -0.2) is 0 Å². The second-order valence-corrected chi connectivity index (χ2v) is 6.45. The van der Waals surface area contributed by atoms with Crippen LogP contribution in [-0.2, 0) is 0 Å². The van der Waals surface area contributed by atoms with E-state index >= 15 is 0 Å². The molecule has 1 aliphatic rings. The first-order valence-corrected chi connectivity index (χ1v) is 8.49. The first kappa shape index (κ1) is 15.4. The second-order valence-electron chi connectivity index (χ2n) is 6.45. The average molecular weight is 329 g/mol. The van der Waals surface area contributed by atoms with Crippen LogP contribution < -0.4 is 4.90 Å². The van der Waals surface area contributed by atoms with Crippen molar-refractivity contribution in [1.29, 1.82) is 5.26 Å². The number of aromatic nitrogens is 3. The summed E-state index contributed by atoms with van der Waals surface area (Å²) >= 11 is 0. The van der Waals surface area contributed by atoms with Gasteiger partial charge in [-0.1, -0.05) is 42.5 Å². The SMILES string of the molecule is Cc1cccc(-n2nc(C#N)c(N3CC[C@H](c4ccccc4)C3)n2)c1. The molecule has 0 amide bonds. The van der Waals surface area contributed by atoms with E-state index in [2.05, 4.69) is 45.4 Å². The average Bonchev–Trinajstić information content (AvgIpc) is 3.29. The predicted octanol–water partition coefficient (Wildman–Crippen LogP) is 3.44. The summed E-state index contributed by atoms with van der Waals surface area (Å²) in [5.74, 6) is 1.15. The maximum atomic E-state index is 9.48. The van der Waals surface area contributed by atoms with Crippen molar-refractivity contribution in [3.8, 4) is 11.8 Å². The smallest absolute Gasteiger partial charge is 0.207 e. The molecule has 4 rings (SSSR count). The summed E-state index contributed by atoms with van der Waals surface area (Å²) in [7, 11) is 0. The lowest BCUT2D eigenvalue weighted by Gasteiger charge is -2.15. The third-order valence-corrected chi connectivity index (χ3v) is 4.69. The van der Waals surface area contributed by atoms with Crippen LogP contribution in [0.5, 0.6) is 0 Å². The molecule has 2 heterocycles. The van der Waals surface area contributed by atoms with E-state index in [0.717, 1.165) is 30.8 Å². The fourth-order valence-electron chi connectivity index (χ4n) is 3.40. The van der Waals surface area contributed by atoms with Crippen molar-refractivity contribution < 1.29 is 0 Å². The van der Waals surface area contributed by atoms with Crippen molar-refractivity contribution in [3.05, 3.63) is 71.4 Å². The molecule has 0 aliphatic carbocycles. The largest absolute Gasteiger partial charge is 0.352 e. The van der Waals surface area contributed by atoms with Crippen LogP contribution in [-0.4, -0.2) is 28.1 Å². The molecule has 0 saturated carbocycles. The monoisotopic (exact) mass is 329 g/mol. The molecule has 5 nitrogen and oxygen atoms in total. The number of nitriles is 1. The molecule has 0 N–H and O–H groups in total. The molecule has 5 heteroatoms. The summed E-state index contributed by atoms with van der Waals surface area (Å²) in [6.45, 7) is 3.79. The van der Waals surface area contributed by atoms with Gasteiger partial charge in [0.25, 0.3) is 0 Å². The van der Waals surface area contributed by atoms with Crippen LogP contribution in [0.25, 0.3) is 5.69 Å². The zero-order valence-electron chi connectivity index (χ0n) is 14.1. The van der Waals surface area contributed by atoms with E-state index in [1.807, 2.05) is 37.3 Å². The number of nitrogens with zero attached hydrogens (tertiary/aromatic N) is 5. The fourth-order valence-corrected chi connectivity index (χ4v) is 3.40. The van der Waals surface area contributed by atoms with E-state index in [-0.39, 0.29) is 0 Å². The molecule has 0 radical (unpaired) electrons. The van der Waals surface area contributed by atoms with E-state index in [1.165, 1.54) is 5.56 Å². The Kier molecular flexibility index (Phi) is 3.95. The molecule has 0 bridgehead atoms. The third-order valence-electron chi connectivity index (χ3n) is 4.69. The van der Waals surface area contributed by atoms with Crippen LogP contribution in [0.4, 0.5) is 5.82 Å². The lowest BCUT2D eigenvalue weighted by atomic mass is 9.99. The highest BCUT2D eigenvalue weighted by atomic mass is 15.5. The summed E-state index contributed by atoms with van der Waals surface area (Å²) in [5, 5.41) is 18.5. The number of aryl methyl sites for hydroxylation is 1. The molecule has 0 spiro atoms. The summed E-state index contributed by atoms with van der Waals surface area (Å²) in [4.78, 5) is 3.74. The van der Waals surface area contributed by atoms with Crippen LogP contribution in [0.3, 0.4) is 0 Å². The number of hydrogen-bond acceptors (Lipinski definition) is 4. The summed E-state index contributed by atoms with van der Waals surface area (Å²) < 4.78 is 0. The van der Waals surface area contributed by atoms with E-state index in [1.54, 1.807) is 4.80 Å². The Balaban J connectivity index is 1.62. The quantitative estimate of drug-likeness (QED) is 0.738.